The van der Waals surface area contributed by atoms with Gasteiger partial charge >= 0.3 is 14.8 Å². The first-order chi connectivity index (χ1) is 14.6. The van der Waals surface area contributed by atoms with Crippen LogP contribution in [0.25, 0.3) is 0 Å². The van der Waals surface area contributed by atoms with E-state index in [2.05, 4.69) is 6.92 Å². The van der Waals surface area contributed by atoms with Gasteiger partial charge in [-0.15, -0.1) is 0 Å². The molecule has 0 N–H and O–H groups in total. The first-order valence-electron chi connectivity index (χ1n) is 12.3. The van der Waals surface area contributed by atoms with Crippen LogP contribution >= 0.6 is 0 Å². The Kier molecular flexibility index (Phi) is 21.4. The summed E-state index contributed by atoms with van der Waals surface area (Å²) in [6, 6.07) is 0.737. The Labute approximate surface area is 186 Å². The fourth-order valence-electron chi connectivity index (χ4n) is 3.36. The maximum Gasteiger partial charge on any atom is 0.501 e. The number of unbranched alkanes of at least 4 members (excludes halogenated alkanes) is 8. The highest BCUT2D eigenvalue weighted by molar-refractivity contribution is 6.60. The molecule has 0 saturated heterocycles. The topological polar surface area (TPSA) is 63.2 Å². The maximum atomic E-state index is 11.8. The van der Waals surface area contributed by atoms with Crippen molar-refractivity contribution < 1.29 is 27.5 Å². The average Bonchev–Trinajstić information content (AvgIpc) is 2.72. The summed E-state index contributed by atoms with van der Waals surface area (Å²) in [6.45, 7) is 11.2. The van der Waals surface area contributed by atoms with E-state index in [1.165, 1.54) is 44.9 Å². The van der Waals surface area contributed by atoms with Crippen LogP contribution in [0.15, 0.2) is 0 Å². The lowest BCUT2D eigenvalue weighted by molar-refractivity contribution is -0.145. The second-order valence-electron chi connectivity index (χ2n) is 7.50. The molecule has 0 fully saturated rings. The van der Waals surface area contributed by atoms with Gasteiger partial charge in [0, 0.05) is 38.9 Å². The summed E-state index contributed by atoms with van der Waals surface area (Å²) in [7, 11) is -2.58. The van der Waals surface area contributed by atoms with Gasteiger partial charge in [-0.1, -0.05) is 58.3 Å². The highest BCUT2D eigenvalue weighted by atomic mass is 28.4. The van der Waals surface area contributed by atoms with E-state index in [0.29, 0.717) is 46.1 Å². The molecule has 0 radical (unpaired) electrons. The zero-order valence-electron chi connectivity index (χ0n) is 20.2. The third-order valence-electron chi connectivity index (χ3n) is 4.84. The van der Waals surface area contributed by atoms with Crippen LogP contribution < -0.4 is 0 Å². The van der Waals surface area contributed by atoms with Gasteiger partial charge in [0.2, 0.25) is 0 Å². The molecule has 0 saturated carbocycles. The first kappa shape index (κ1) is 29.5. The minimum Gasteiger partial charge on any atom is -0.463 e. The molecule has 180 valence electrons. The van der Waals surface area contributed by atoms with E-state index in [1.54, 1.807) is 0 Å². The zero-order valence-corrected chi connectivity index (χ0v) is 21.2. The third kappa shape index (κ3) is 17.2. The molecule has 0 rings (SSSR count). The Hall–Kier alpha value is -0.473. The number of carbonyl (C=O) groups is 1. The van der Waals surface area contributed by atoms with E-state index in [9.17, 15) is 4.79 Å². The summed E-state index contributed by atoms with van der Waals surface area (Å²) in [5.74, 6) is -0.114. The van der Waals surface area contributed by atoms with Crippen LogP contribution in [-0.4, -0.2) is 54.4 Å². The fraction of sp³-hybridized carbons (Fsp3) is 0.957. The summed E-state index contributed by atoms with van der Waals surface area (Å²) in [5, 5.41) is 0. The van der Waals surface area contributed by atoms with Gasteiger partial charge in [-0.2, -0.15) is 0 Å². The molecule has 0 atom stereocenters. The van der Waals surface area contributed by atoms with Crippen molar-refractivity contribution in [2.24, 2.45) is 0 Å². The van der Waals surface area contributed by atoms with E-state index < -0.39 is 8.80 Å². The molecule has 0 aromatic rings. The molecule has 0 unspecified atom stereocenters. The standard InChI is InChI=1S/C23H48O6Si/c1-5-9-10-11-12-13-14-15-16-18-23(24)26-21-20-25-19-17-22-30(27-6-2,28-7-3)29-8-4/h5-22H2,1-4H3. The molecule has 0 aromatic heterocycles. The van der Waals surface area contributed by atoms with E-state index in [4.69, 9.17) is 22.8 Å². The van der Waals surface area contributed by atoms with Crippen molar-refractivity contribution in [3.8, 4) is 0 Å². The van der Waals surface area contributed by atoms with E-state index in [0.717, 1.165) is 25.3 Å². The molecule has 7 heteroatoms. The quantitative estimate of drug-likeness (QED) is 0.110. The van der Waals surface area contributed by atoms with Crippen molar-refractivity contribution in [3.05, 3.63) is 0 Å². The molecule has 0 aliphatic rings. The van der Waals surface area contributed by atoms with Crippen LogP contribution in [0.4, 0.5) is 0 Å². The summed E-state index contributed by atoms with van der Waals surface area (Å²) >= 11 is 0. The highest BCUT2D eigenvalue weighted by Gasteiger charge is 2.39. The monoisotopic (exact) mass is 448 g/mol. The number of hydrogen-bond acceptors (Lipinski definition) is 6. The van der Waals surface area contributed by atoms with Gasteiger partial charge in [-0.3, -0.25) is 4.79 Å². The van der Waals surface area contributed by atoms with Gasteiger partial charge in [0.1, 0.15) is 6.61 Å². The second kappa shape index (κ2) is 21.7. The Bertz CT molecular complexity index is 364. The molecule has 30 heavy (non-hydrogen) atoms. The van der Waals surface area contributed by atoms with Crippen molar-refractivity contribution in [2.75, 3.05) is 39.6 Å². The van der Waals surface area contributed by atoms with Gasteiger partial charge < -0.3 is 22.8 Å². The Morgan fingerprint density at radius 1 is 0.633 bits per heavy atom. The largest absolute Gasteiger partial charge is 0.501 e. The van der Waals surface area contributed by atoms with Crippen LogP contribution in [0.3, 0.4) is 0 Å². The maximum absolute atomic E-state index is 11.8. The first-order valence-corrected chi connectivity index (χ1v) is 14.2. The number of ether oxygens (including phenoxy) is 2. The second-order valence-corrected chi connectivity index (χ2v) is 10.2. The van der Waals surface area contributed by atoms with Crippen molar-refractivity contribution in [1.82, 2.24) is 0 Å². The van der Waals surface area contributed by atoms with Crippen molar-refractivity contribution in [3.63, 3.8) is 0 Å². The number of esters is 1. The van der Waals surface area contributed by atoms with Crippen LogP contribution in [-0.2, 0) is 27.5 Å². The number of rotatable bonds is 23. The lowest BCUT2D eigenvalue weighted by Gasteiger charge is -2.28. The van der Waals surface area contributed by atoms with Crippen LogP contribution in [0.2, 0.25) is 6.04 Å². The Balaban J connectivity index is 3.61. The van der Waals surface area contributed by atoms with E-state index in [-0.39, 0.29) is 5.97 Å². The minimum absolute atomic E-state index is 0.114. The van der Waals surface area contributed by atoms with Crippen molar-refractivity contribution in [1.29, 1.82) is 0 Å². The van der Waals surface area contributed by atoms with Crippen LogP contribution in [0.5, 0.6) is 0 Å². The summed E-state index contributed by atoms with van der Waals surface area (Å²) < 4.78 is 28.3. The molecule has 6 nitrogen and oxygen atoms in total. The van der Waals surface area contributed by atoms with Gasteiger partial charge in [0.25, 0.3) is 0 Å². The van der Waals surface area contributed by atoms with Gasteiger partial charge in [-0.05, 0) is 33.6 Å². The fourth-order valence-corrected chi connectivity index (χ4v) is 5.94. The molecule has 0 amide bonds. The molecule has 0 heterocycles. The molecular formula is C23H48O6Si. The van der Waals surface area contributed by atoms with E-state index >= 15 is 0 Å². The molecule has 0 aliphatic carbocycles. The van der Waals surface area contributed by atoms with Gasteiger partial charge in [0.15, 0.2) is 0 Å². The summed E-state index contributed by atoms with van der Waals surface area (Å²) in [6.07, 6.45) is 12.5. The average molecular weight is 449 g/mol. The third-order valence-corrected chi connectivity index (χ3v) is 7.99. The van der Waals surface area contributed by atoms with Gasteiger partial charge in [0.05, 0.1) is 6.61 Å². The lowest BCUT2D eigenvalue weighted by atomic mass is 10.1. The number of carbonyl (C=O) groups excluding carboxylic acids is 1. The Morgan fingerprint density at radius 3 is 1.70 bits per heavy atom. The molecule has 0 bridgehead atoms. The zero-order chi connectivity index (χ0) is 22.3. The highest BCUT2D eigenvalue weighted by Crippen LogP contribution is 2.18. The van der Waals surface area contributed by atoms with Gasteiger partial charge in [-0.25, -0.2) is 0 Å². The normalized spacial score (nSPS) is 11.7. The smallest absolute Gasteiger partial charge is 0.463 e. The minimum atomic E-state index is -2.58. The van der Waals surface area contributed by atoms with E-state index in [1.807, 2.05) is 20.8 Å². The summed E-state index contributed by atoms with van der Waals surface area (Å²) in [5.41, 5.74) is 0. The lowest BCUT2D eigenvalue weighted by Crippen LogP contribution is -2.46. The summed E-state index contributed by atoms with van der Waals surface area (Å²) in [4.78, 5) is 11.8. The molecular weight excluding hydrogens is 400 g/mol. The Morgan fingerprint density at radius 2 is 1.17 bits per heavy atom. The van der Waals surface area contributed by atoms with Crippen molar-refractivity contribution >= 4 is 14.8 Å². The molecule has 0 aliphatic heterocycles. The number of hydrogen-bond donors (Lipinski definition) is 0. The predicted octanol–water partition coefficient (Wildman–Crippen LogP) is 5.91. The van der Waals surface area contributed by atoms with Crippen molar-refractivity contribution in [2.45, 2.75) is 104 Å². The predicted molar refractivity (Wildman–Crippen MR) is 124 cm³/mol. The van der Waals surface area contributed by atoms with Crippen LogP contribution in [0.1, 0.15) is 98.3 Å². The molecule has 0 aromatic carbocycles. The molecule has 0 spiro atoms. The SMILES string of the molecule is CCCCCCCCCCCC(=O)OCCOCCC[Si](OCC)(OCC)OCC. The van der Waals surface area contributed by atoms with Crippen LogP contribution in [0, 0.1) is 0 Å².